The van der Waals surface area contributed by atoms with Gasteiger partial charge in [0.1, 0.15) is 13.2 Å². The van der Waals surface area contributed by atoms with Gasteiger partial charge in [-0.15, -0.1) is 0 Å². The fourth-order valence-corrected chi connectivity index (χ4v) is 9.86. The van der Waals surface area contributed by atoms with Crippen molar-refractivity contribution in [1.82, 2.24) is 0 Å². The summed E-state index contributed by atoms with van der Waals surface area (Å²) in [7, 11) is 0. The van der Waals surface area contributed by atoms with Crippen LogP contribution in [0.5, 0.6) is 0 Å². The Kier molecular flexibility index (Phi) is 57.6. The molecule has 410 valence electrons. The maximum Gasteiger partial charge on any atom is 0.306 e. The third-order valence-electron chi connectivity index (χ3n) is 14.6. The first-order chi connectivity index (χ1) is 34.0. The van der Waals surface area contributed by atoms with Gasteiger partial charge in [-0.3, -0.25) is 14.4 Å². The molecule has 0 aromatic rings. The quantitative estimate of drug-likeness (QED) is 0.0343. The van der Waals surface area contributed by atoms with Crippen molar-refractivity contribution in [3.05, 3.63) is 0 Å². The van der Waals surface area contributed by atoms with Crippen LogP contribution in [-0.2, 0) is 28.6 Å². The second kappa shape index (κ2) is 59.0. The summed E-state index contributed by atoms with van der Waals surface area (Å²) in [5.41, 5.74) is 0. The van der Waals surface area contributed by atoms with Gasteiger partial charge >= 0.3 is 17.9 Å². The first-order valence-corrected chi connectivity index (χ1v) is 31.5. The van der Waals surface area contributed by atoms with Gasteiger partial charge in [-0.25, -0.2) is 0 Å². The highest BCUT2D eigenvalue weighted by atomic mass is 16.6. The van der Waals surface area contributed by atoms with E-state index in [4.69, 9.17) is 14.2 Å². The van der Waals surface area contributed by atoms with Crippen molar-refractivity contribution in [2.75, 3.05) is 13.2 Å². The van der Waals surface area contributed by atoms with Crippen molar-refractivity contribution in [1.29, 1.82) is 0 Å². The highest BCUT2D eigenvalue weighted by Gasteiger charge is 2.19. The molecule has 1 unspecified atom stereocenters. The normalized spacial score (nSPS) is 11.9. The fraction of sp³-hybridized carbons (Fsp3) is 0.952. The Morgan fingerprint density at radius 2 is 0.391 bits per heavy atom. The molecule has 0 aliphatic heterocycles. The number of carbonyl (C=O) groups is 3. The average Bonchev–Trinajstić information content (AvgIpc) is 3.35. The third kappa shape index (κ3) is 57.2. The van der Waals surface area contributed by atoms with E-state index < -0.39 is 6.10 Å². The van der Waals surface area contributed by atoms with Gasteiger partial charge in [0.15, 0.2) is 6.10 Å². The predicted octanol–water partition coefficient (Wildman–Crippen LogP) is 21.1. The second-order valence-electron chi connectivity index (χ2n) is 21.7. The Bertz CT molecular complexity index is 1030. The molecule has 0 fully saturated rings. The first-order valence-electron chi connectivity index (χ1n) is 31.5. The number of carbonyl (C=O) groups excluding carboxylic acids is 3. The van der Waals surface area contributed by atoms with Crippen LogP contribution in [0.1, 0.15) is 367 Å². The molecule has 0 radical (unpaired) electrons. The fourth-order valence-electron chi connectivity index (χ4n) is 9.86. The van der Waals surface area contributed by atoms with Gasteiger partial charge in [0.2, 0.25) is 0 Å². The molecule has 0 heterocycles. The summed E-state index contributed by atoms with van der Waals surface area (Å²) in [6, 6.07) is 0. The molecule has 6 nitrogen and oxygen atoms in total. The van der Waals surface area contributed by atoms with Crippen LogP contribution in [0.15, 0.2) is 0 Å². The summed E-state index contributed by atoms with van der Waals surface area (Å²) in [4.78, 5) is 38.1. The predicted molar refractivity (Wildman–Crippen MR) is 298 cm³/mol. The van der Waals surface area contributed by atoms with Crippen LogP contribution in [0.3, 0.4) is 0 Å². The van der Waals surface area contributed by atoms with Gasteiger partial charge in [0, 0.05) is 19.3 Å². The van der Waals surface area contributed by atoms with Crippen molar-refractivity contribution in [3.8, 4) is 0 Å². The minimum Gasteiger partial charge on any atom is -0.462 e. The van der Waals surface area contributed by atoms with E-state index in [1.54, 1.807) is 0 Å². The molecule has 0 aliphatic rings. The van der Waals surface area contributed by atoms with Crippen LogP contribution in [0.25, 0.3) is 0 Å². The van der Waals surface area contributed by atoms with E-state index in [9.17, 15) is 14.4 Å². The zero-order valence-electron chi connectivity index (χ0n) is 47.1. The lowest BCUT2D eigenvalue weighted by Crippen LogP contribution is -2.30. The number of rotatable bonds is 59. The maximum absolute atomic E-state index is 12.9. The standard InChI is InChI=1S/C63H122O6/c1-4-7-10-13-16-19-21-23-25-27-29-31-32-34-35-37-39-41-44-47-50-53-56-62(65)68-59-60(58-67-61(64)55-52-49-46-43-18-15-12-9-6-3)69-63(66)57-54-51-48-45-42-40-38-36-33-30-28-26-24-22-20-17-14-11-8-5-2/h60H,4-59H2,1-3H3. The van der Waals surface area contributed by atoms with Gasteiger partial charge in [-0.1, -0.05) is 329 Å². The minimum absolute atomic E-state index is 0.0611. The number of hydrogen-bond donors (Lipinski definition) is 0. The van der Waals surface area contributed by atoms with Crippen molar-refractivity contribution in [2.45, 2.75) is 374 Å². The molecule has 0 saturated carbocycles. The van der Waals surface area contributed by atoms with Gasteiger partial charge in [0.05, 0.1) is 0 Å². The van der Waals surface area contributed by atoms with Crippen molar-refractivity contribution in [3.63, 3.8) is 0 Å². The van der Waals surface area contributed by atoms with Crippen LogP contribution in [0, 0.1) is 0 Å². The molecule has 69 heavy (non-hydrogen) atoms. The zero-order valence-corrected chi connectivity index (χ0v) is 47.1. The van der Waals surface area contributed by atoms with Gasteiger partial charge in [-0.2, -0.15) is 0 Å². The molecule has 0 saturated heterocycles. The third-order valence-corrected chi connectivity index (χ3v) is 14.6. The molecule has 0 spiro atoms. The van der Waals surface area contributed by atoms with Crippen molar-refractivity contribution >= 4 is 17.9 Å². The monoisotopic (exact) mass is 975 g/mol. The van der Waals surface area contributed by atoms with Crippen molar-refractivity contribution < 1.29 is 28.6 Å². The SMILES string of the molecule is CCCCCCCCCCCCCCCCCCCCCCCCC(=O)OCC(COC(=O)CCCCCCCCCCC)OC(=O)CCCCCCCCCCCCCCCCCCCCCC. The van der Waals surface area contributed by atoms with E-state index in [0.717, 1.165) is 57.8 Å². The summed E-state index contributed by atoms with van der Waals surface area (Å²) in [6.07, 6.45) is 66.9. The van der Waals surface area contributed by atoms with Crippen molar-refractivity contribution in [2.24, 2.45) is 0 Å². The summed E-state index contributed by atoms with van der Waals surface area (Å²) >= 11 is 0. The minimum atomic E-state index is -0.761. The molecule has 0 bridgehead atoms. The van der Waals surface area contributed by atoms with Crippen LogP contribution in [0.2, 0.25) is 0 Å². The molecule has 1 atom stereocenters. The molecule has 0 N–H and O–H groups in total. The summed E-state index contributed by atoms with van der Waals surface area (Å²) in [5.74, 6) is -0.832. The van der Waals surface area contributed by atoms with Crippen LogP contribution in [-0.4, -0.2) is 37.2 Å². The Morgan fingerprint density at radius 1 is 0.232 bits per heavy atom. The van der Waals surface area contributed by atoms with E-state index in [1.807, 2.05) is 0 Å². The first kappa shape index (κ1) is 67.4. The molecule has 0 amide bonds. The second-order valence-corrected chi connectivity index (χ2v) is 21.7. The van der Waals surface area contributed by atoms with Gasteiger partial charge in [0.25, 0.3) is 0 Å². The van der Waals surface area contributed by atoms with Crippen LogP contribution < -0.4 is 0 Å². The lowest BCUT2D eigenvalue weighted by molar-refractivity contribution is -0.167. The number of esters is 3. The van der Waals surface area contributed by atoms with E-state index >= 15 is 0 Å². The Labute approximate surface area is 431 Å². The van der Waals surface area contributed by atoms with Crippen LogP contribution >= 0.6 is 0 Å². The number of hydrogen-bond acceptors (Lipinski definition) is 6. The van der Waals surface area contributed by atoms with E-state index in [0.29, 0.717) is 19.3 Å². The smallest absolute Gasteiger partial charge is 0.306 e. The molecular weight excluding hydrogens is 853 g/mol. The molecule has 6 heteroatoms. The topological polar surface area (TPSA) is 78.9 Å². The largest absolute Gasteiger partial charge is 0.462 e. The van der Waals surface area contributed by atoms with Gasteiger partial charge in [-0.05, 0) is 19.3 Å². The van der Waals surface area contributed by atoms with E-state index in [2.05, 4.69) is 20.8 Å². The molecular formula is C63H122O6. The zero-order chi connectivity index (χ0) is 50.0. The molecule has 0 aromatic heterocycles. The maximum atomic E-state index is 12.9. The average molecular weight is 976 g/mol. The summed E-state index contributed by atoms with van der Waals surface area (Å²) in [5, 5.41) is 0. The van der Waals surface area contributed by atoms with E-state index in [1.165, 1.54) is 270 Å². The highest BCUT2D eigenvalue weighted by molar-refractivity contribution is 5.71. The number of ether oxygens (including phenoxy) is 3. The highest BCUT2D eigenvalue weighted by Crippen LogP contribution is 2.18. The Hall–Kier alpha value is -1.59. The summed E-state index contributed by atoms with van der Waals surface area (Å²) < 4.78 is 16.9. The van der Waals surface area contributed by atoms with Crippen LogP contribution in [0.4, 0.5) is 0 Å². The van der Waals surface area contributed by atoms with E-state index in [-0.39, 0.29) is 31.1 Å². The molecule has 0 rings (SSSR count). The molecule has 0 aliphatic carbocycles. The number of unbranched alkanes of at least 4 members (excludes halogenated alkanes) is 48. The lowest BCUT2D eigenvalue weighted by Gasteiger charge is -2.18. The summed E-state index contributed by atoms with van der Waals surface area (Å²) in [6.45, 7) is 6.70. The Balaban J connectivity index is 4.14. The Morgan fingerprint density at radius 3 is 0.580 bits per heavy atom. The van der Waals surface area contributed by atoms with Gasteiger partial charge < -0.3 is 14.2 Å². The molecule has 0 aromatic carbocycles. The lowest BCUT2D eigenvalue weighted by atomic mass is 10.0.